The van der Waals surface area contributed by atoms with E-state index in [1.165, 1.54) is 0 Å². The number of piperazine rings is 1. The second-order valence-electron chi connectivity index (χ2n) is 6.82. The molecule has 118 valence electrons. The lowest BCUT2D eigenvalue weighted by Crippen LogP contribution is -2.75. The zero-order valence-electron chi connectivity index (χ0n) is 13.1. The highest BCUT2D eigenvalue weighted by molar-refractivity contribution is 6.02. The van der Waals surface area contributed by atoms with Gasteiger partial charge < -0.3 is 15.0 Å². The third-order valence-electron chi connectivity index (χ3n) is 5.49. The molecule has 2 aliphatic carbocycles. The van der Waals surface area contributed by atoms with Gasteiger partial charge in [-0.2, -0.15) is 0 Å². The molecule has 2 saturated carbocycles. The largest absolute Gasteiger partial charge is 0.380 e. The predicted molar refractivity (Wildman–Crippen MR) is 78.7 cm³/mol. The molecule has 21 heavy (non-hydrogen) atoms. The molecule has 1 spiro atoms. The van der Waals surface area contributed by atoms with Gasteiger partial charge in [-0.15, -0.1) is 0 Å². The van der Waals surface area contributed by atoms with Gasteiger partial charge in [0.1, 0.15) is 11.1 Å². The highest BCUT2D eigenvalue weighted by atomic mass is 16.5. The van der Waals surface area contributed by atoms with Gasteiger partial charge in [-0.1, -0.05) is 12.8 Å². The maximum absolute atomic E-state index is 13.1. The molecule has 3 aliphatic rings. The smallest absolute Gasteiger partial charge is 0.249 e. The van der Waals surface area contributed by atoms with E-state index in [4.69, 9.17) is 4.74 Å². The van der Waals surface area contributed by atoms with E-state index >= 15 is 0 Å². The number of nitrogens with zero attached hydrogens (tertiary/aromatic N) is 1. The van der Waals surface area contributed by atoms with Gasteiger partial charge in [-0.3, -0.25) is 9.59 Å². The first-order valence-electron chi connectivity index (χ1n) is 8.27. The third-order valence-corrected chi connectivity index (χ3v) is 5.49. The maximum atomic E-state index is 13.1. The third kappa shape index (κ3) is 2.26. The summed E-state index contributed by atoms with van der Waals surface area (Å²) >= 11 is 0. The van der Waals surface area contributed by atoms with Gasteiger partial charge >= 0.3 is 0 Å². The van der Waals surface area contributed by atoms with Gasteiger partial charge in [0, 0.05) is 13.2 Å². The van der Waals surface area contributed by atoms with Crippen molar-refractivity contribution in [1.82, 2.24) is 10.2 Å². The number of carbonyl (C=O) groups excluding carboxylic acids is 2. The topological polar surface area (TPSA) is 58.6 Å². The Labute approximate surface area is 126 Å². The van der Waals surface area contributed by atoms with Gasteiger partial charge in [0.05, 0.1) is 6.61 Å². The van der Waals surface area contributed by atoms with Crippen LogP contribution in [0.3, 0.4) is 0 Å². The number of ether oxygens (including phenoxy) is 1. The second kappa shape index (κ2) is 5.27. The molecule has 0 radical (unpaired) electrons. The Morgan fingerprint density at radius 2 is 1.95 bits per heavy atom. The first-order valence-corrected chi connectivity index (χ1v) is 8.27. The van der Waals surface area contributed by atoms with E-state index in [9.17, 15) is 9.59 Å². The minimum absolute atomic E-state index is 0.0606. The van der Waals surface area contributed by atoms with Crippen molar-refractivity contribution in [3.05, 3.63) is 0 Å². The summed E-state index contributed by atoms with van der Waals surface area (Å²) in [5, 5.41) is 3.09. The average molecular weight is 294 g/mol. The van der Waals surface area contributed by atoms with Gasteiger partial charge in [0.25, 0.3) is 0 Å². The summed E-state index contributed by atoms with van der Waals surface area (Å²) in [5.41, 5.74) is -1.31. The summed E-state index contributed by atoms with van der Waals surface area (Å²) in [6.45, 7) is 5.53. The van der Waals surface area contributed by atoms with E-state index in [1.54, 1.807) is 0 Å². The van der Waals surface area contributed by atoms with Crippen molar-refractivity contribution in [1.29, 1.82) is 0 Å². The van der Waals surface area contributed by atoms with Crippen LogP contribution < -0.4 is 5.32 Å². The predicted octanol–water partition coefficient (Wildman–Crippen LogP) is 1.46. The molecule has 1 N–H and O–H groups in total. The minimum atomic E-state index is -0.697. The van der Waals surface area contributed by atoms with Crippen LogP contribution in [0, 0.1) is 5.92 Å². The highest BCUT2D eigenvalue weighted by Crippen LogP contribution is 2.46. The molecular weight excluding hydrogens is 268 g/mol. The van der Waals surface area contributed by atoms with Gasteiger partial charge in [-0.25, -0.2) is 0 Å². The molecule has 1 unspecified atom stereocenters. The molecule has 5 nitrogen and oxygen atoms in total. The monoisotopic (exact) mass is 294 g/mol. The van der Waals surface area contributed by atoms with Crippen LogP contribution in [0.2, 0.25) is 0 Å². The lowest BCUT2D eigenvalue weighted by atomic mass is 9.82. The lowest BCUT2D eigenvalue weighted by Gasteiger charge is -2.50. The normalized spacial score (nSPS) is 31.8. The van der Waals surface area contributed by atoms with Gasteiger partial charge in [0.15, 0.2) is 0 Å². The molecule has 3 rings (SSSR count). The van der Waals surface area contributed by atoms with Crippen molar-refractivity contribution in [2.24, 2.45) is 5.92 Å². The standard InChI is InChI=1S/C16H26N2O3/c1-3-21-11-10-18-14(20)15(2,12-6-7-12)17-13(19)16(18)8-4-5-9-16/h12H,3-11H2,1-2H3,(H,17,19). The SMILES string of the molecule is CCOCCN1C(=O)C(C)(C2CC2)NC(=O)C12CCCC2. The summed E-state index contributed by atoms with van der Waals surface area (Å²) in [5.74, 6) is 0.471. The summed E-state index contributed by atoms with van der Waals surface area (Å²) in [6, 6.07) is 0. The minimum Gasteiger partial charge on any atom is -0.380 e. The fourth-order valence-corrected chi connectivity index (χ4v) is 4.01. The summed E-state index contributed by atoms with van der Waals surface area (Å²) < 4.78 is 5.44. The van der Waals surface area contributed by atoms with Crippen LogP contribution in [0.25, 0.3) is 0 Å². The van der Waals surface area contributed by atoms with Crippen molar-refractivity contribution in [3.8, 4) is 0 Å². The Balaban J connectivity index is 1.87. The van der Waals surface area contributed by atoms with Crippen LogP contribution >= 0.6 is 0 Å². The fourth-order valence-electron chi connectivity index (χ4n) is 4.01. The number of hydrogen-bond donors (Lipinski definition) is 1. The molecule has 1 aliphatic heterocycles. The molecule has 0 aromatic carbocycles. The van der Waals surface area contributed by atoms with Crippen molar-refractivity contribution in [2.75, 3.05) is 19.8 Å². The molecule has 0 aromatic heterocycles. The van der Waals surface area contributed by atoms with Crippen LogP contribution in [-0.4, -0.2) is 47.6 Å². The molecule has 2 amide bonds. The van der Waals surface area contributed by atoms with Crippen molar-refractivity contribution >= 4 is 11.8 Å². The highest BCUT2D eigenvalue weighted by Gasteiger charge is 2.61. The fraction of sp³-hybridized carbons (Fsp3) is 0.875. The number of carbonyl (C=O) groups is 2. The van der Waals surface area contributed by atoms with Gasteiger partial charge in [0.2, 0.25) is 11.8 Å². The molecule has 1 atom stereocenters. The Morgan fingerprint density at radius 1 is 1.29 bits per heavy atom. The van der Waals surface area contributed by atoms with Crippen LogP contribution in [0.1, 0.15) is 52.4 Å². The van der Waals surface area contributed by atoms with E-state index < -0.39 is 11.1 Å². The summed E-state index contributed by atoms with van der Waals surface area (Å²) in [4.78, 5) is 27.7. The molecular formula is C16H26N2O3. The molecule has 1 saturated heterocycles. The Kier molecular flexibility index (Phi) is 3.72. The Hall–Kier alpha value is -1.10. The van der Waals surface area contributed by atoms with E-state index in [2.05, 4.69) is 5.32 Å². The first kappa shape index (κ1) is 14.8. The summed E-state index contributed by atoms with van der Waals surface area (Å²) in [7, 11) is 0. The van der Waals surface area contributed by atoms with Crippen molar-refractivity contribution in [2.45, 2.75) is 63.5 Å². The van der Waals surface area contributed by atoms with Crippen molar-refractivity contribution in [3.63, 3.8) is 0 Å². The number of amides is 2. The number of hydrogen-bond acceptors (Lipinski definition) is 3. The van der Waals surface area contributed by atoms with E-state index in [1.807, 2.05) is 18.7 Å². The van der Waals surface area contributed by atoms with Crippen LogP contribution in [0.5, 0.6) is 0 Å². The average Bonchev–Trinajstić information content (AvgIpc) is 3.21. The lowest BCUT2D eigenvalue weighted by molar-refractivity contribution is -0.164. The van der Waals surface area contributed by atoms with Crippen molar-refractivity contribution < 1.29 is 14.3 Å². The molecule has 0 bridgehead atoms. The Bertz CT molecular complexity index is 441. The zero-order chi connectivity index (χ0) is 15.1. The second-order valence-corrected chi connectivity index (χ2v) is 6.82. The molecule has 1 heterocycles. The van der Waals surface area contributed by atoms with E-state index in [-0.39, 0.29) is 11.8 Å². The van der Waals surface area contributed by atoms with E-state index in [0.29, 0.717) is 25.7 Å². The van der Waals surface area contributed by atoms with Gasteiger partial charge in [-0.05, 0) is 45.4 Å². The summed E-state index contributed by atoms with van der Waals surface area (Å²) in [6.07, 6.45) is 5.69. The maximum Gasteiger partial charge on any atom is 0.249 e. The van der Waals surface area contributed by atoms with E-state index in [0.717, 1.165) is 38.5 Å². The number of rotatable bonds is 5. The number of nitrogens with one attached hydrogen (secondary N) is 1. The quantitative estimate of drug-likeness (QED) is 0.781. The molecule has 3 fully saturated rings. The molecule has 0 aromatic rings. The van der Waals surface area contributed by atoms with Crippen LogP contribution in [0.15, 0.2) is 0 Å². The van der Waals surface area contributed by atoms with Crippen LogP contribution in [-0.2, 0) is 14.3 Å². The zero-order valence-corrected chi connectivity index (χ0v) is 13.1. The van der Waals surface area contributed by atoms with Crippen LogP contribution in [0.4, 0.5) is 0 Å². The first-order chi connectivity index (χ1) is 10.0. The molecule has 5 heteroatoms. The Morgan fingerprint density at radius 3 is 2.52 bits per heavy atom.